The second kappa shape index (κ2) is 10.9. The fourth-order valence-electron chi connectivity index (χ4n) is 2.83. The second-order valence-electron chi connectivity index (χ2n) is 6.22. The maximum absolute atomic E-state index is 5.96. The predicted molar refractivity (Wildman–Crippen MR) is 90.4 cm³/mol. The number of unbranched alkanes of at least 4 members (excludes halogenated alkanes) is 6. The van der Waals surface area contributed by atoms with Crippen molar-refractivity contribution in [2.75, 3.05) is 13.6 Å². The molecule has 2 N–H and O–H groups in total. The van der Waals surface area contributed by atoms with Crippen LogP contribution in [0.25, 0.3) is 0 Å². The van der Waals surface area contributed by atoms with Gasteiger partial charge in [-0.25, -0.2) is 0 Å². The molecule has 0 aliphatic carbocycles. The molecule has 1 aromatic heterocycles. The average molecular weight is 294 g/mol. The highest BCUT2D eigenvalue weighted by molar-refractivity contribution is 5.15. The Morgan fingerprint density at radius 1 is 1.14 bits per heavy atom. The molecular weight excluding hydrogens is 260 g/mol. The lowest BCUT2D eigenvalue weighted by atomic mass is 10.0. The Kier molecular flexibility index (Phi) is 9.44. The third-order valence-electron chi connectivity index (χ3n) is 4.42. The van der Waals surface area contributed by atoms with E-state index in [1.807, 2.05) is 6.92 Å². The fraction of sp³-hybridized carbons (Fsp3) is 0.778. The standard InChI is InChI=1S/C18H34N2O/c1-4-5-6-7-8-9-10-11-18(14-19)20(3)15-17-12-13-21-16(17)2/h12-13,18H,4-11,14-15,19H2,1-3H3. The summed E-state index contributed by atoms with van der Waals surface area (Å²) in [5.74, 6) is 1.02. The van der Waals surface area contributed by atoms with Crippen LogP contribution in [0.4, 0.5) is 0 Å². The lowest BCUT2D eigenvalue weighted by Crippen LogP contribution is -2.37. The molecule has 0 aliphatic rings. The lowest BCUT2D eigenvalue weighted by molar-refractivity contribution is 0.221. The molecule has 1 aromatic rings. The molecule has 0 aliphatic heterocycles. The maximum atomic E-state index is 5.96. The Morgan fingerprint density at radius 3 is 2.38 bits per heavy atom. The van der Waals surface area contributed by atoms with Crippen LogP contribution >= 0.6 is 0 Å². The van der Waals surface area contributed by atoms with Gasteiger partial charge in [-0.2, -0.15) is 0 Å². The summed E-state index contributed by atoms with van der Waals surface area (Å²) < 4.78 is 5.37. The molecule has 0 amide bonds. The van der Waals surface area contributed by atoms with Crippen molar-refractivity contribution in [2.45, 2.75) is 77.8 Å². The van der Waals surface area contributed by atoms with E-state index in [1.165, 1.54) is 56.9 Å². The molecule has 122 valence electrons. The van der Waals surface area contributed by atoms with Crippen molar-refractivity contribution in [3.8, 4) is 0 Å². The first-order chi connectivity index (χ1) is 10.2. The summed E-state index contributed by atoms with van der Waals surface area (Å²) in [5.41, 5.74) is 7.23. The zero-order valence-electron chi connectivity index (χ0n) is 14.2. The molecule has 21 heavy (non-hydrogen) atoms. The van der Waals surface area contributed by atoms with Gasteiger partial charge in [0.2, 0.25) is 0 Å². The summed E-state index contributed by atoms with van der Waals surface area (Å²) in [6.07, 6.45) is 12.5. The van der Waals surface area contributed by atoms with Crippen LogP contribution < -0.4 is 5.73 Å². The van der Waals surface area contributed by atoms with E-state index in [4.69, 9.17) is 10.2 Å². The van der Waals surface area contributed by atoms with Crippen molar-refractivity contribution < 1.29 is 4.42 Å². The fourth-order valence-corrected chi connectivity index (χ4v) is 2.83. The molecule has 1 unspecified atom stereocenters. The van der Waals surface area contributed by atoms with Gasteiger partial charge in [-0.15, -0.1) is 0 Å². The van der Waals surface area contributed by atoms with Crippen molar-refractivity contribution >= 4 is 0 Å². The molecular formula is C18H34N2O. The van der Waals surface area contributed by atoms with Crippen LogP contribution in [-0.4, -0.2) is 24.5 Å². The predicted octanol–water partition coefficient (Wildman–Crippen LogP) is 4.49. The average Bonchev–Trinajstić information content (AvgIpc) is 2.87. The van der Waals surface area contributed by atoms with E-state index >= 15 is 0 Å². The maximum Gasteiger partial charge on any atom is 0.105 e. The van der Waals surface area contributed by atoms with Gasteiger partial charge in [-0.1, -0.05) is 51.9 Å². The van der Waals surface area contributed by atoms with E-state index in [1.54, 1.807) is 6.26 Å². The van der Waals surface area contributed by atoms with E-state index in [-0.39, 0.29) is 0 Å². The highest BCUT2D eigenvalue weighted by atomic mass is 16.3. The van der Waals surface area contributed by atoms with Crippen LogP contribution in [0.3, 0.4) is 0 Å². The van der Waals surface area contributed by atoms with E-state index in [0.29, 0.717) is 6.04 Å². The van der Waals surface area contributed by atoms with E-state index in [9.17, 15) is 0 Å². The molecule has 0 saturated heterocycles. The minimum atomic E-state index is 0.481. The number of likely N-dealkylation sites (N-methyl/N-ethyl adjacent to an activating group) is 1. The monoisotopic (exact) mass is 294 g/mol. The molecule has 1 heterocycles. The van der Waals surface area contributed by atoms with Gasteiger partial charge >= 0.3 is 0 Å². The summed E-state index contributed by atoms with van der Waals surface area (Å²) >= 11 is 0. The molecule has 1 atom stereocenters. The van der Waals surface area contributed by atoms with Gasteiger partial charge < -0.3 is 10.2 Å². The first-order valence-corrected chi connectivity index (χ1v) is 8.62. The quantitative estimate of drug-likeness (QED) is 0.578. The van der Waals surface area contributed by atoms with E-state index < -0.39 is 0 Å². The summed E-state index contributed by atoms with van der Waals surface area (Å²) in [5, 5.41) is 0. The van der Waals surface area contributed by atoms with Crippen LogP contribution in [0.1, 0.15) is 69.6 Å². The summed E-state index contributed by atoms with van der Waals surface area (Å²) in [6.45, 7) is 5.96. The number of rotatable bonds is 12. The summed E-state index contributed by atoms with van der Waals surface area (Å²) in [4.78, 5) is 2.37. The van der Waals surface area contributed by atoms with Crippen LogP contribution in [0.5, 0.6) is 0 Å². The highest BCUT2D eigenvalue weighted by Gasteiger charge is 2.14. The van der Waals surface area contributed by atoms with Crippen LogP contribution in [0, 0.1) is 6.92 Å². The Labute approximate surface area is 130 Å². The van der Waals surface area contributed by atoms with E-state index in [2.05, 4.69) is 24.9 Å². The zero-order valence-corrected chi connectivity index (χ0v) is 14.2. The molecule has 0 bridgehead atoms. The summed E-state index contributed by atoms with van der Waals surface area (Å²) in [6, 6.07) is 2.54. The van der Waals surface area contributed by atoms with Crippen molar-refractivity contribution in [1.82, 2.24) is 4.90 Å². The number of nitrogens with two attached hydrogens (primary N) is 1. The number of nitrogens with zero attached hydrogens (tertiary/aromatic N) is 1. The van der Waals surface area contributed by atoms with Gasteiger partial charge in [0.1, 0.15) is 5.76 Å². The van der Waals surface area contributed by atoms with Crippen LogP contribution in [-0.2, 0) is 6.54 Å². The van der Waals surface area contributed by atoms with Gasteiger partial charge in [0.05, 0.1) is 6.26 Å². The zero-order chi connectivity index (χ0) is 15.5. The molecule has 3 heteroatoms. The normalized spacial score (nSPS) is 13.0. The van der Waals surface area contributed by atoms with Gasteiger partial charge in [-0.3, -0.25) is 4.90 Å². The Balaban J connectivity index is 2.19. The SMILES string of the molecule is CCCCCCCCCC(CN)N(C)Cc1ccoc1C. The topological polar surface area (TPSA) is 42.4 Å². The molecule has 0 radical (unpaired) electrons. The second-order valence-corrected chi connectivity index (χ2v) is 6.22. The Bertz CT molecular complexity index is 362. The Morgan fingerprint density at radius 2 is 1.81 bits per heavy atom. The summed E-state index contributed by atoms with van der Waals surface area (Å²) in [7, 11) is 2.17. The molecule has 0 fully saturated rings. The van der Waals surface area contributed by atoms with Gasteiger partial charge in [0, 0.05) is 24.7 Å². The van der Waals surface area contributed by atoms with Crippen LogP contribution in [0.2, 0.25) is 0 Å². The number of furan rings is 1. The van der Waals surface area contributed by atoms with Crippen molar-refractivity contribution in [1.29, 1.82) is 0 Å². The van der Waals surface area contributed by atoms with Crippen LogP contribution in [0.15, 0.2) is 16.7 Å². The molecule has 0 saturated carbocycles. The molecule has 1 rings (SSSR count). The minimum Gasteiger partial charge on any atom is -0.469 e. The Hall–Kier alpha value is -0.800. The first kappa shape index (κ1) is 18.2. The third kappa shape index (κ3) is 7.14. The van der Waals surface area contributed by atoms with Crippen molar-refractivity contribution in [3.63, 3.8) is 0 Å². The van der Waals surface area contributed by atoms with Crippen molar-refractivity contribution in [2.24, 2.45) is 5.73 Å². The molecule has 3 nitrogen and oxygen atoms in total. The molecule has 0 spiro atoms. The largest absolute Gasteiger partial charge is 0.469 e. The minimum absolute atomic E-state index is 0.481. The lowest BCUT2D eigenvalue weighted by Gasteiger charge is -2.26. The van der Waals surface area contributed by atoms with Gasteiger partial charge in [0.15, 0.2) is 0 Å². The van der Waals surface area contributed by atoms with E-state index in [0.717, 1.165) is 18.8 Å². The smallest absolute Gasteiger partial charge is 0.105 e. The number of aryl methyl sites for hydroxylation is 1. The number of hydrogen-bond donors (Lipinski definition) is 1. The first-order valence-electron chi connectivity index (χ1n) is 8.62. The van der Waals surface area contributed by atoms with Gasteiger partial charge in [0.25, 0.3) is 0 Å². The van der Waals surface area contributed by atoms with Crippen molar-refractivity contribution in [3.05, 3.63) is 23.7 Å². The third-order valence-corrected chi connectivity index (χ3v) is 4.42. The number of hydrogen-bond acceptors (Lipinski definition) is 3. The molecule has 0 aromatic carbocycles. The van der Waals surface area contributed by atoms with Gasteiger partial charge in [-0.05, 0) is 26.5 Å². The highest BCUT2D eigenvalue weighted by Crippen LogP contribution is 2.16.